The first kappa shape index (κ1) is 5.86. The molecule has 0 spiro atoms. The maximum Gasteiger partial charge on any atom is 0.177 e. The molecule has 1 saturated carbocycles. The van der Waals surface area contributed by atoms with E-state index in [-0.39, 0.29) is 22.8 Å². The number of rotatable bonds is 0. The highest BCUT2D eigenvalue weighted by Crippen LogP contribution is 2.36. The summed E-state index contributed by atoms with van der Waals surface area (Å²) in [7, 11) is 0. The molecule has 0 bridgehead atoms. The zero-order valence-electron chi connectivity index (χ0n) is 4.84. The number of halogens is 1. The maximum atomic E-state index is 11.0. The average molecular weight is 191 g/mol. The number of hydrogen-bond acceptors (Lipinski definition) is 2. The highest BCUT2D eigenvalue weighted by Gasteiger charge is 2.50. The van der Waals surface area contributed by atoms with Gasteiger partial charge >= 0.3 is 0 Å². The number of epoxide rings is 1. The van der Waals surface area contributed by atoms with E-state index < -0.39 is 0 Å². The van der Waals surface area contributed by atoms with E-state index in [1.165, 1.54) is 0 Å². The largest absolute Gasteiger partial charge is 0.361 e. The molecule has 0 N–H and O–H groups in total. The molecule has 9 heavy (non-hydrogen) atoms. The van der Waals surface area contributed by atoms with Crippen molar-refractivity contribution in [3.63, 3.8) is 0 Å². The zero-order valence-corrected chi connectivity index (χ0v) is 6.43. The average Bonchev–Trinajstić information content (AvgIpc) is 2.58. The Morgan fingerprint density at radius 1 is 1.56 bits per heavy atom. The molecule has 50 valence electrons. The molecule has 2 fully saturated rings. The van der Waals surface area contributed by atoms with E-state index in [2.05, 4.69) is 15.9 Å². The van der Waals surface area contributed by atoms with Crippen LogP contribution in [0.15, 0.2) is 0 Å². The lowest BCUT2D eigenvalue weighted by atomic mass is 10.00. The third kappa shape index (κ3) is 0.829. The van der Waals surface area contributed by atoms with Gasteiger partial charge in [-0.2, -0.15) is 0 Å². The fraction of sp³-hybridized carbons (Fsp3) is 0.833. The summed E-state index contributed by atoms with van der Waals surface area (Å²) in [4.78, 5) is 11.1. The molecule has 0 aromatic rings. The van der Waals surface area contributed by atoms with E-state index in [1.54, 1.807) is 0 Å². The highest BCUT2D eigenvalue weighted by molar-refractivity contribution is 9.10. The third-order valence-corrected chi connectivity index (χ3v) is 2.79. The first-order valence-electron chi connectivity index (χ1n) is 3.12. The van der Waals surface area contributed by atoms with Gasteiger partial charge in [-0.25, -0.2) is 0 Å². The molecule has 2 rings (SSSR count). The number of fused-ring (bicyclic) bond motifs is 1. The number of alkyl halides is 1. The van der Waals surface area contributed by atoms with Gasteiger partial charge in [0, 0.05) is 0 Å². The van der Waals surface area contributed by atoms with Gasteiger partial charge in [0.25, 0.3) is 0 Å². The molecule has 1 aliphatic heterocycles. The van der Waals surface area contributed by atoms with E-state index in [4.69, 9.17) is 4.74 Å². The molecule has 0 aromatic carbocycles. The van der Waals surface area contributed by atoms with Crippen molar-refractivity contribution in [2.24, 2.45) is 0 Å². The quantitative estimate of drug-likeness (QED) is 0.420. The predicted molar refractivity (Wildman–Crippen MR) is 35.6 cm³/mol. The van der Waals surface area contributed by atoms with E-state index >= 15 is 0 Å². The minimum atomic E-state index is -0.0388. The number of carbonyl (C=O) groups is 1. The van der Waals surface area contributed by atoms with Gasteiger partial charge in [-0.05, 0) is 12.8 Å². The van der Waals surface area contributed by atoms with Gasteiger partial charge in [-0.3, -0.25) is 4.79 Å². The summed E-state index contributed by atoms with van der Waals surface area (Å²) >= 11 is 3.29. The van der Waals surface area contributed by atoms with Gasteiger partial charge in [0.15, 0.2) is 5.78 Å². The molecule has 3 atom stereocenters. The number of carbonyl (C=O) groups excluding carboxylic acids is 1. The molecule has 0 amide bonds. The fourth-order valence-corrected chi connectivity index (χ4v) is 1.77. The van der Waals surface area contributed by atoms with Crippen LogP contribution in [0.5, 0.6) is 0 Å². The smallest absolute Gasteiger partial charge is 0.177 e. The Morgan fingerprint density at radius 2 is 2.33 bits per heavy atom. The van der Waals surface area contributed by atoms with Crippen LogP contribution in [-0.4, -0.2) is 22.8 Å². The molecule has 2 aliphatic rings. The molecule has 1 saturated heterocycles. The minimum Gasteiger partial charge on any atom is -0.361 e. The van der Waals surface area contributed by atoms with Crippen molar-refractivity contribution in [1.29, 1.82) is 0 Å². The van der Waals surface area contributed by atoms with Gasteiger partial charge in [0.2, 0.25) is 0 Å². The second-order valence-corrected chi connectivity index (χ2v) is 3.65. The monoisotopic (exact) mass is 190 g/mol. The van der Waals surface area contributed by atoms with Crippen molar-refractivity contribution in [2.45, 2.75) is 29.9 Å². The first-order chi connectivity index (χ1) is 4.29. The first-order valence-corrected chi connectivity index (χ1v) is 4.04. The van der Waals surface area contributed by atoms with Gasteiger partial charge in [0.1, 0.15) is 6.10 Å². The Balaban J connectivity index is 2.10. The molecule has 1 heterocycles. The predicted octanol–water partition coefficient (Wildman–Crippen LogP) is 0.880. The van der Waals surface area contributed by atoms with Crippen LogP contribution in [0.4, 0.5) is 0 Å². The van der Waals surface area contributed by atoms with Crippen LogP contribution in [0.3, 0.4) is 0 Å². The lowest BCUT2D eigenvalue weighted by molar-refractivity contribution is -0.119. The summed E-state index contributed by atoms with van der Waals surface area (Å²) < 4.78 is 5.08. The molecular weight excluding hydrogens is 184 g/mol. The normalized spacial score (nSPS) is 48.6. The Hall–Kier alpha value is 0.110. The Morgan fingerprint density at radius 3 is 3.00 bits per heavy atom. The van der Waals surface area contributed by atoms with Gasteiger partial charge < -0.3 is 4.74 Å². The summed E-state index contributed by atoms with van der Waals surface area (Å²) in [5.41, 5.74) is 0. The molecule has 2 nitrogen and oxygen atoms in total. The number of Topliss-reactive ketones (excluding diaryl/α,β-unsaturated/α-hetero) is 1. The van der Waals surface area contributed by atoms with E-state index in [1.807, 2.05) is 0 Å². The third-order valence-electron chi connectivity index (χ3n) is 1.88. The molecule has 1 aliphatic carbocycles. The second-order valence-electron chi connectivity index (χ2n) is 2.54. The summed E-state index contributed by atoms with van der Waals surface area (Å²) in [5.74, 6) is 0.242. The van der Waals surface area contributed by atoms with Crippen LogP contribution in [0, 0.1) is 0 Å². The van der Waals surface area contributed by atoms with Crippen molar-refractivity contribution in [2.75, 3.05) is 0 Å². The van der Waals surface area contributed by atoms with Crippen LogP contribution in [0.1, 0.15) is 12.8 Å². The number of ether oxygens (including phenoxy) is 1. The van der Waals surface area contributed by atoms with E-state index in [0.29, 0.717) is 0 Å². The van der Waals surface area contributed by atoms with Crippen LogP contribution < -0.4 is 0 Å². The second kappa shape index (κ2) is 1.80. The van der Waals surface area contributed by atoms with Crippen LogP contribution >= 0.6 is 15.9 Å². The summed E-state index contributed by atoms with van der Waals surface area (Å²) in [6, 6.07) is 0. The minimum absolute atomic E-state index is 0.0388. The Bertz CT molecular complexity index is 153. The van der Waals surface area contributed by atoms with Crippen molar-refractivity contribution in [3.8, 4) is 0 Å². The molecular formula is C6H7BrO2. The zero-order chi connectivity index (χ0) is 6.43. The maximum absolute atomic E-state index is 11.0. The lowest BCUT2D eigenvalue weighted by Crippen LogP contribution is -2.26. The molecule has 3 unspecified atom stereocenters. The SMILES string of the molecule is O=C1C(Br)CCC2OC12. The summed E-state index contributed by atoms with van der Waals surface area (Å²) in [5, 5.41) is 0. The van der Waals surface area contributed by atoms with Crippen LogP contribution in [0.2, 0.25) is 0 Å². The van der Waals surface area contributed by atoms with E-state index in [9.17, 15) is 4.79 Å². The van der Waals surface area contributed by atoms with Crippen LogP contribution in [0.25, 0.3) is 0 Å². The number of hydrogen-bond donors (Lipinski definition) is 0. The van der Waals surface area contributed by atoms with Gasteiger partial charge in [0.05, 0.1) is 10.9 Å². The lowest BCUT2D eigenvalue weighted by Gasteiger charge is -2.08. The molecule has 0 radical (unpaired) electrons. The van der Waals surface area contributed by atoms with Crippen LogP contribution in [-0.2, 0) is 9.53 Å². The summed E-state index contributed by atoms with van der Waals surface area (Å²) in [6.07, 6.45) is 2.24. The topological polar surface area (TPSA) is 29.6 Å². The van der Waals surface area contributed by atoms with Crippen molar-refractivity contribution in [1.82, 2.24) is 0 Å². The van der Waals surface area contributed by atoms with E-state index in [0.717, 1.165) is 12.8 Å². The Kier molecular flexibility index (Phi) is 1.17. The van der Waals surface area contributed by atoms with Gasteiger partial charge in [-0.1, -0.05) is 15.9 Å². The fourth-order valence-electron chi connectivity index (χ4n) is 1.24. The van der Waals surface area contributed by atoms with Crippen molar-refractivity contribution >= 4 is 21.7 Å². The van der Waals surface area contributed by atoms with Crippen molar-refractivity contribution in [3.05, 3.63) is 0 Å². The molecule has 3 heteroatoms. The van der Waals surface area contributed by atoms with Crippen molar-refractivity contribution < 1.29 is 9.53 Å². The molecule has 0 aromatic heterocycles. The standard InChI is InChI=1S/C6H7BrO2/c7-3-1-2-4-6(9-4)5(3)8/h3-4,6H,1-2H2. The van der Waals surface area contributed by atoms with Gasteiger partial charge in [-0.15, -0.1) is 0 Å². The summed E-state index contributed by atoms with van der Waals surface area (Å²) in [6.45, 7) is 0. The Labute approximate surface area is 61.7 Å². The highest BCUT2D eigenvalue weighted by atomic mass is 79.9. The number of ketones is 1.